The van der Waals surface area contributed by atoms with Crippen LogP contribution < -0.4 is 0 Å². The summed E-state index contributed by atoms with van der Waals surface area (Å²) in [4.78, 5) is 12.7. The van der Waals surface area contributed by atoms with Gasteiger partial charge in [0.05, 0.1) is 0 Å². The van der Waals surface area contributed by atoms with Gasteiger partial charge in [-0.15, -0.1) is 11.8 Å². The van der Waals surface area contributed by atoms with Gasteiger partial charge in [-0.2, -0.15) is 0 Å². The van der Waals surface area contributed by atoms with Gasteiger partial charge in [-0.25, -0.2) is 0 Å². The van der Waals surface area contributed by atoms with Crippen molar-refractivity contribution in [3.63, 3.8) is 0 Å². The molecule has 0 spiro atoms. The molecule has 0 aliphatic carbocycles. The molecule has 0 aromatic heterocycles. The first-order chi connectivity index (χ1) is 9.20. The van der Waals surface area contributed by atoms with Crippen LogP contribution in [0.3, 0.4) is 0 Å². The average molecular weight is 270 g/mol. The van der Waals surface area contributed by atoms with Crippen molar-refractivity contribution in [3.05, 3.63) is 65.2 Å². The van der Waals surface area contributed by atoms with E-state index in [-0.39, 0.29) is 5.78 Å². The Kier molecular flexibility index (Phi) is 4.80. The maximum absolute atomic E-state index is 11.5. The smallest absolute Gasteiger partial charge is 0.162 e. The molecule has 0 amide bonds. The van der Waals surface area contributed by atoms with Crippen LogP contribution in [0.2, 0.25) is 0 Å². The molecule has 2 aromatic carbocycles. The third-order valence-electron chi connectivity index (χ3n) is 3.15. The van der Waals surface area contributed by atoms with Crippen molar-refractivity contribution in [2.24, 2.45) is 0 Å². The van der Waals surface area contributed by atoms with Gasteiger partial charge >= 0.3 is 0 Å². The summed E-state index contributed by atoms with van der Waals surface area (Å²) >= 11 is 1.80. The molecule has 0 aliphatic heterocycles. The maximum Gasteiger partial charge on any atom is 0.162 e. The number of hydrogen-bond acceptors (Lipinski definition) is 2. The molecule has 0 unspecified atom stereocenters. The van der Waals surface area contributed by atoms with Crippen LogP contribution in [0.25, 0.3) is 0 Å². The zero-order valence-corrected chi connectivity index (χ0v) is 12.2. The molecular weight excluding hydrogens is 252 g/mol. The third kappa shape index (κ3) is 3.71. The Morgan fingerprint density at radius 1 is 1.05 bits per heavy atom. The zero-order chi connectivity index (χ0) is 13.7. The molecule has 2 rings (SSSR count). The van der Waals surface area contributed by atoms with Crippen LogP contribution in [-0.4, -0.2) is 5.78 Å². The summed E-state index contributed by atoms with van der Waals surface area (Å²) in [5, 5.41) is 0. The van der Waals surface area contributed by atoms with Gasteiger partial charge in [0.25, 0.3) is 0 Å². The molecule has 2 heteroatoms. The van der Waals surface area contributed by atoms with Crippen molar-refractivity contribution in [2.75, 3.05) is 0 Å². The van der Waals surface area contributed by atoms with E-state index in [4.69, 9.17) is 0 Å². The lowest BCUT2D eigenvalue weighted by molar-refractivity contribution is 0.0988. The first-order valence-electron chi connectivity index (χ1n) is 6.51. The largest absolute Gasteiger partial charge is 0.294 e. The number of carbonyl (C=O) groups is 1. The molecule has 2 aromatic rings. The molecule has 98 valence electrons. The minimum Gasteiger partial charge on any atom is -0.294 e. The Hall–Kier alpha value is -1.54. The van der Waals surface area contributed by atoms with Gasteiger partial charge in [-0.05, 0) is 30.2 Å². The summed E-state index contributed by atoms with van der Waals surface area (Å²) in [5.74, 6) is 1.17. The van der Waals surface area contributed by atoms with Crippen molar-refractivity contribution in [3.8, 4) is 0 Å². The number of aryl methyl sites for hydroxylation is 1. The van der Waals surface area contributed by atoms with Gasteiger partial charge in [0.2, 0.25) is 0 Å². The number of ketones is 1. The SMILES string of the molecule is CCC(=O)c1ccc(SCc2ccccc2C)cc1. The molecule has 0 bridgehead atoms. The zero-order valence-electron chi connectivity index (χ0n) is 11.3. The molecular formula is C17H18OS. The van der Waals surface area contributed by atoms with Crippen LogP contribution in [0.5, 0.6) is 0 Å². The van der Waals surface area contributed by atoms with E-state index < -0.39 is 0 Å². The number of hydrogen-bond donors (Lipinski definition) is 0. The molecule has 1 nitrogen and oxygen atoms in total. The normalized spacial score (nSPS) is 10.4. The number of rotatable bonds is 5. The second kappa shape index (κ2) is 6.58. The van der Waals surface area contributed by atoms with E-state index in [2.05, 4.69) is 31.2 Å². The Morgan fingerprint density at radius 2 is 1.74 bits per heavy atom. The third-order valence-corrected chi connectivity index (χ3v) is 4.21. The van der Waals surface area contributed by atoms with Gasteiger partial charge in [-0.3, -0.25) is 4.79 Å². The molecule has 19 heavy (non-hydrogen) atoms. The molecule has 0 heterocycles. The summed E-state index contributed by atoms with van der Waals surface area (Å²) in [6.45, 7) is 4.03. The lowest BCUT2D eigenvalue weighted by atomic mass is 10.1. The summed E-state index contributed by atoms with van der Waals surface area (Å²) in [6, 6.07) is 16.4. The van der Waals surface area contributed by atoms with E-state index in [0.29, 0.717) is 6.42 Å². The quantitative estimate of drug-likeness (QED) is 0.569. The second-order valence-electron chi connectivity index (χ2n) is 4.52. The fourth-order valence-electron chi connectivity index (χ4n) is 1.87. The highest BCUT2D eigenvalue weighted by atomic mass is 32.2. The summed E-state index contributed by atoms with van der Waals surface area (Å²) in [5.41, 5.74) is 3.50. The molecule has 0 fully saturated rings. The number of thioether (sulfide) groups is 1. The highest BCUT2D eigenvalue weighted by molar-refractivity contribution is 7.98. The summed E-state index contributed by atoms with van der Waals surface area (Å²) in [7, 11) is 0. The first kappa shape index (κ1) is 13.9. The molecule has 0 N–H and O–H groups in total. The highest BCUT2D eigenvalue weighted by Gasteiger charge is 2.03. The minimum absolute atomic E-state index is 0.204. The van der Waals surface area contributed by atoms with Crippen molar-refractivity contribution < 1.29 is 4.79 Å². The van der Waals surface area contributed by atoms with Gasteiger partial charge in [0.15, 0.2) is 5.78 Å². The first-order valence-corrected chi connectivity index (χ1v) is 7.50. The standard InChI is InChI=1S/C17H18OS/c1-3-17(18)14-8-10-16(11-9-14)19-12-15-7-5-4-6-13(15)2/h4-11H,3,12H2,1-2H3. The topological polar surface area (TPSA) is 17.1 Å². The number of benzene rings is 2. The van der Waals surface area contributed by atoms with E-state index in [1.54, 1.807) is 11.8 Å². The lowest BCUT2D eigenvalue weighted by Crippen LogP contribution is -1.95. The van der Waals surface area contributed by atoms with E-state index in [1.807, 2.05) is 31.2 Å². The number of carbonyl (C=O) groups excluding carboxylic acids is 1. The van der Waals surface area contributed by atoms with Crippen molar-refractivity contribution in [1.82, 2.24) is 0 Å². The van der Waals surface area contributed by atoms with Gasteiger partial charge in [0.1, 0.15) is 0 Å². The number of Topliss-reactive ketones (excluding diaryl/α,β-unsaturated/α-hetero) is 1. The van der Waals surface area contributed by atoms with Gasteiger partial charge in [0, 0.05) is 22.6 Å². The van der Waals surface area contributed by atoms with Gasteiger partial charge < -0.3 is 0 Å². The van der Waals surface area contributed by atoms with E-state index in [1.165, 1.54) is 16.0 Å². The minimum atomic E-state index is 0.204. The van der Waals surface area contributed by atoms with Crippen molar-refractivity contribution in [2.45, 2.75) is 30.9 Å². The fourth-order valence-corrected chi connectivity index (χ4v) is 2.85. The van der Waals surface area contributed by atoms with Crippen LogP contribution in [-0.2, 0) is 5.75 Å². The Balaban J connectivity index is 2.01. The Morgan fingerprint density at radius 3 is 2.37 bits per heavy atom. The van der Waals surface area contributed by atoms with E-state index >= 15 is 0 Å². The van der Waals surface area contributed by atoms with Crippen molar-refractivity contribution in [1.29, 1.82) is 0 Å². The van der Waals surface area contributed by atoms with E-state index in [9.17, 15) is 4.79 Å². The fraction of sp³-hybridized carbons (Fsp3) is 0.235. The molecule has 0 aliphatic rings. The molecule has 0 saturated heterocycles. The molecule has 0 atom stereocenters. The van der Waals surface area contributed by atoms with Crippen LogP contribution in [0.4, 0.5) is 0 Å². The molecule has 0 saturated carbocycles. The van der Waals surface area contributed by atoms with Crippen LogP contribution in [0.1, 0.15) is 34.8 Å². The highest BCUT2D eigenvalue weighted by Crippen LogP contribution is 2.24. The van der Waals surface area contributed by atoms with Crippen LogP contribution in [0.15, 0.2) is 53.4 Å². The summed E-state index contributed by atoms with van der Waals surface area (Å²) < 4.78 is 0. The lowest BCUT2D eigenvalue weighted by Gasteiger charge is -2.06. The monoisotopic (exact) mass is 270 g/mol. The predicted octanol–water partition coefficient (Wildman–Crippen LogP) is 4.88. The van der Waals surface area contributed by atoms with Crippen LogP contribution >= 0.6 is 11.8 Å². The summed E-state index contributed by atoms with van der Waals surface area (Å²) in [6.07, 6.45) is 0.565. The average Bonchev–Trinajstić information content (AvgIpc) is 2.46. The van der Waals surface area contributed by atoms with Crippen molar-refractivity contribution >= 4 is 17.5 Å². The second-order valence-corrected chi connectivity index (χ2v) is 5.57. The Labute approximate surface area is 119 Å². The predicted molar refractivity (Wildman–Crippen MR) is 81.8 cm³/mol. The molecule has 0 radical (unpaired) electrons. The van der Waals surface area contributed by atoms with Gasteiger partial charge in [-0.1, -0.05) is 43.3 Å². The maximum atomic E-state index is 11.5. The Bertz CT molecular complexity index is 558. The van der Waals surface area contributed by atoms with E-state index in [0.717, 1.165) is 11.3 Å². The van der Waals surface area contributed by atoms with Crippen LogP contribution in [0, 0.1) is 6.92 Å².